The van der Waals surface area contributed by atoms with Crippen molar-refractivity contribution in [2.24, 2.45) is 0 Å². The number of rotatable bonds is 3. The molecule has 0 unspecified atom stereocenters. The lowest BCUT2D eigenvalue weighted by atomic mass is 9.98. The summed E-state index contributed by atoms with van der Waals surface area (Å²) in [5.41, 5.74) is 6.64. The zero-order chi connectivity index (χ0) is 15.9. The first-order valence-corrected chi connectivity index (χ1v) is 6.58. The third-order valence-electron chi connectivity index (χ3n) is 3.67. The zero-order valence-corrected chi connectivity index (χ0v) is 11.4. The van der Waals surface area contributed by atoms with Crippen molar-refractivity contribution in [2.75, 3.05) is 12.3 Å². The lowest BCUT2D eigenvalue weighted by Crippen LogP contribution is -2.42. The summed E-state index contributed by atoms with van der Waals surface area (Å²) in [7, 11) is 0.0372. The second-order valence-electron chi connectivity index (χ2n) is 4.97. The van der Waals surface area contributed by atoms with E-state index in [1.165, 1.54) is 21.7 Å². The number of hydrogen-bond acceptors (Lipinski definition) is 8. The number of ether oxygens (including phenoxy) is 1. The van der Waals surface area contributed by atoms with Gasteiger partial charge in [0.25, 0.3) is 0 Å². The van der Waals surface area contributed by atoms with Crippen LogP contribution in [0.3, 0.4) is 0 Å². The van der Waals surface area contributed by atoms with Gasteiger partial charge in [-0.05, 0) is 0 Å². The van der Waals surface area contributed by atoms with Gasteiger partial charge in [-0.25, -0.2) is 10.2 Å². The lowest BCUT2D eigenvalue weighted by Gasteiger charge is -2.15. The van der Waals surface area contributed by atoms with Crippen LogP contribution in [-0.2, 0) is 4.74 Å². The number of hydrogen-bond donors (Lipinski definition) is 4. The molecule has 0 radical (unpaired) electrons. The molecule has 0 bridgehead atoms. The first-order valence-electron chi connectivity index (χ1n) is 6.58. The third-order valence-corrected chi connectivity index (χ3v) is 3.67. The highest BCUT2D eigenvalue weighted by Gasteiger charge is 2.44. The summed E-state index contributed by atoms with van der Waals surface area (Å²) in [6, 6.07) is 0. The summed E-state index contributed by atoms with van der Waals surface area (Å²) in [5.74, 6) is 2.22. The van der Waals surface area contributed by atoms with Gasteiger partial charge >= 0.3 is 7.41 Å². The van der Waals surface area contributed by atoms with E-state index in [0.717, 1.165) is 0 Å². The van der Waals surface area contributed by atoms with Gasteiger partial charge in [0.15, 0.2) is 11.7 Å². The molecule has 4 atom stereocenters. The fourth-order valence-corrected chi connectivity index (χ4v) is 2.48. The van der Waals surface area contributed by atoms with E-state index in [9.17, 15) is 10.2 Å². The summed E-state index contributed by atoms with van der Waals surface area (Å²) in [5, 5.41) is 37.7. The van der Waals surface area contributed by atoms with Crippen molar-refractivity contribution in [3.63, 3.8) is 0 Å². The van der Waals surface area contributed by atoms with E-state index in [2.05, 4.69) is 9.97 Å². The zero-order valence-electron chi connectivity index (χ0n) is 11.4. The van der Waals surface area contributed by atoms with E-state index in [0.29, 0.717) is 11.2 Å². The second-order valence-corrected chi connectivity index (χ2v) is 4.97. The Hall–Kier alpha value is -2.26. The first-order chi connectivity index (χ1) is 10.6. The quantitative estimate of drug-likeness (QED) is 0.428. The molecule has 0 amide bonds. The van der Waals surface area contributed by atoms with Gasteiger partial charge in [-0.3, -0.25) is 9.05 Å². The molecule has 3 rings (SSSR count). The third kappa shape index (κ3) is 2.09. The van der Waals surface area contributed by atoms with Crippen LogP contribution in [0, 0.1) is 11.2 Å². The van der Waals surface area contributed by atoms with E-state index < -0.39 is 31.1 Å². The van der Waals surface area contributed by atoms with Crippen molar-refractivity contribution in [1.29, 1.82) is 5.26 Å². The minimum Gasteiger partial charge on any atom is -0.394 e. The number of aromatic nitrogens is 4. The molecule has 1 aliphatic heterocycles. The molecular weight excluding hydrogens is 291 g/mol. The largest absolute Gasteiger partial charge is 0.441 e. The van der Waals surface area contributed by atoms with Gasteiger partial charge in [-0.2, -0.15) is 0 Å². The lowest BCUT2D eigenvalue weighted by molar-refractivity contribution is -0.513. The van der Waals surface area contributed by atoms with Crippen LogP contribution in [0.1, 0.15) is 6.23 Å². The number of nitriles is 1. The molecule has 11 heteroatoms. The number of nitrogen functional groups attached to an aromatic ring is 1. The predicted octanol–water partition coefficient (Wildman–Crippen LogP) is -3.41. The van der Waals surface area contributed by atoms with Crippen molar-refractivity contribution in [1.82, 2.24) is 14.5 Å². The first kappa shape index (κ1) is 14.7. The molecule has 1 fully saturated rings. The Bertz CT molecular complexity index is 746. The van der Waals surface area contributed by atoms with Crippen LogP contribution in [0.15, 0.2) is 12.7 Å². The van der Waals surface area contributed by atoms with Crippen molar-refractivity contribution < 1.29 is 24.5 Å². The van der Waals surface area contributed by atoms with Crippen LogP contribution in [0.25, 0.3) is 11.2 Å². The second kappa shape index (κ2) is 5.50. The average Bonchev–Trinajstić information content (AvgIpc) is 3.05. The molecule has 1 aliphatic rings. The number of aliphatic hydroxyl groups is 3. The SMILES string of the molecule is N#CB[n+]1cnc2c(ncn2[C@@H]2O[C@H](CO)[C@@H](O)[C@@H]2O)c1N. The van der Waals surface area contributed by atoms with Crippen LogP contribution in [0.4, 0.5) is 5.82 Å². The van der Waals surface area contributed by atoms with Crippen LogP contribution >= 0.6 is 0 Å². The van der Waals surface area contributed by atoms with Gasteiger partial charge in [0.1, 0.15) is 24.6 Å². The number of imidazole rings is 1. The Morgan fingerprint density at radius 1 is 1.45 bits per heavy atom. The molecule has 5 N–H and O–H groups in total. The fraction of sp³-hybridized carbons (Fsp3) is 0.455. The van der Waals surface area contributed by atoms with Gasteiger partial charge < -0.3 is 25.8 Å². The van der Waals surface area contributed by atoms with Crippen LogP contribution < -0.4 is 10.2 Å². The molecule has 10 nitrogen and oxygen atoms in total. The number of nitrogens with zero attached hydrogens (tertiary/aromatic N) is 5. The highest BCUT2D eigenvalue weighted by molar-refractivity contribution is 6.35. The number of nitrogens with two attached hydrogens (primary N) is 1. The molecule has 22 heavy (non-hydrogen) atoms. The highest BCUT2D eigenvalue weighted by Crippen LogP contribution is 2.31. The average molecular weight is 305 g/mol. The van der Waals surface area contributed by atoms with Gasteiger partial charge in [0.05, 0.1) is 12.6 Å². The molecule has 2 aromatic heterocycles. The van der Waals surface area contributed by atoms with E-state index in [1.807, 2.05) is 5.97 Å². The van der Waals surface area contributed by atoms with Crippen LogP contribution in [0.5, 0.6) is 0 Å². The van der Waals surface area contributed by atoms with Crippen molar-refractivity contribution in [3.05, 3.63) is 12.7 Å². The maximum absolute atomic E-state index is 10.1. The Kier molecular flexibility index (Phi) is 3.67. The van der Waals surface area contributed by atoms with Gasteiger partial charge in [-0.1, -0.05) is 4.98 Å². The smallest absolute Gasteiger partial charge is 0.394 e. The van der Waals surface area contributed by atoms with E-state index in [4.69, 9.17) is 20.8 Å². The summed E-state index contributed by atoms with van der Waals surface area (Å²) in [4.78, 5) is 8.30. The summed E-state index contributed by atoms with van der Waals surface area (Å²) in [6.07, 6.45) is -1.50. The van der Waals surface area contributed by atoms with Gasteiger partial charge in [0.2, 0.25) is 17.8 Å². The Morgan fingerprint density at radius 3 is 2.86 bits per heavy atom. The van der Waals surface area contributed by atoms with E-state index in [1.54, 1.807) is 0 Å². The molecule has 0 saturated carbocycles. The molecule has 114 valence electrons. The molecule has 0 spiro atoms. The Morgan fingerprint density at radius 2 is 2.23 bits per heavy atom. The monoisotopic (exact) mass is 305 g/mol. The molecular formula is C11H14BN6O4+. The van der Waals surface area contributed by atoms with Gasteiger partial charge in [0, 0.05) is 0 Å². The van der Waals surface area contributed by atoms with Crippen molar-refractivity contribution in [2.45, 2.75) is 24.5 Å². The van der Waals surface area contributed by atoms with Gasteiger partial charge in [-0.15, -0.1) is 0 Å². The molecule has 0 aromatic carbocycles. The summed E-state index contributed by atoms with van der Waals surface area (Å²) < 4.78 is 8.32. The van der Waals surface area contributed by atoms with E-state index in [-0.39, 0.29) is 13.2 Å². The predicted molar refractivity (Wildman–Crippen MR) is 73.3 cm³/mol. The fourth-order valence-electron chi connectivity index (χ4n) is 2.48. The molecule has 2 aromatic rings. The Balaban J connectivity index is 2.03. The standard InChI is InChI=1S/C11H13BN6O4/c13-2-12-18-4-16-10-6(9(18)14)15-3-17(10)11-8(21)7(20)5(1-19)22-11/h3-5,7-8,11-12,14,19-21H,1H2/p+1/t5-,7-,8+,11-/m1/s1. The number of anilines is 1. The maximum Gasteiger partial charge on any atom is 0.441 e. The normalized spacial score (nSPS) is 27.9. The minimum atomic E-state index is -1.23. The summed E-state index contributed by atoms with van der Waals surface area (Å²) >= 11 is 0. The molecule has 3 heterocycles. The number of fused-ring (bicyclic) bond motifs is 1. The molecule has 1 saturated heterocycles. The van der Waals surface area contributed by atoms with Crippen LogP contribution in [-0.4, -0.2) is 62.2 Å². The highest BCUT2D eigenvalue weighted by atomic mass is 16.6. The maximum atomic E-state index is 10.1. The van der Waals surface area contributed by atoms with Crippen molar-refractivity contribution >= 4 is 24.4 Å². The van der Waals surface area contributed by atoms with Crippen LogP contribution in [0.2, 0.25) is 0 Å². The topological polar surface area (TPSA) is 154 Å². The summed E-state index contributed by atoms with van der Waals surface area (Å²) in [6.45, 7) is -0.418. The van der Waals surface area contributed by atoms with Crippen molar-refractivity contribution in [3.8, 4) is 5.97 Å². The minimum absolute atomic E-state index is 0.0372. The Labute approximate surface area is 125 Å². The number of aliphatic hydroxyl groups excluding tert-OH is 3. The molecule has 0 aliphatic carbocycles. The van der Waals surface area contributed by atoms with E-state index >= 15 is 0 Å².